The van der Waals surface area contributed by atoms with Crippen LogP contribution >= 0.6 is 0 Å². The highest BCUT2D eigenvalue weighted by Gasteiger charge is 2.07. The highest BCUT2D eigenvalue weighted by Crippen LogP contribution is 2.11. The molecule has 0 unspecified atom stereocenters. The summed E-state index contributed by atoms with van der Waals surface area (Å²) in [5.41, 5.74) is 1.51. The first-order valence-electron chi connectivity index (χ1n) is 17.3. The summed E-state index contributed by atoms with van der Waals surface area (Å²) < 4.78 is 43.2. The summed E-state index contributed by atoms with van der Waals surface area (Å²) in [7, 11) is 0. The minimum absolute atomic E-state index is 0.145. The Morgan fingerprint density at radius 2 is 0.913 bits per heavy atom. The second kappa shape index (κ2) is 32.7. The van der Waals surface area contributed by atoms with E-state index in [0.717, 1.165) is 37.9 Å². The fraction of sp³-hybridized carbons (Fsp3) is 0.771. The molecule has 1 aromatic carbocycles. The highest BCUT2D eigenvalue weighted by atomic mass is 16.6. The number of anilines is 1. The zero-order valence-electron chi connectivity index (χ0n) is 28.6. The van der Waals surface area contributed by atoms with E-state index < -0.39 is 0 Å². The average Bonchev–Trinajstić information content (AvgIpc) is 3.07. The number of carbonyl (C=O) groups excluding carboxylic acids is 2. The molecule has 0 spiro atoms. The van der Waals surface area contributed by atoms with Crippen molar-refractivity contribution in [3.63, 3.8) is 0 Å². The largest absolute Gasteiger partial charge is 0.463 e. The number of hydrogen-bond donors (Lipinski definition) is 1. The van der Waals surface area contributed by atoms with Crippen LogP contribution in [0.15, 0.2) is 24.3 Å². The lowest BCUT2D eigenvalue weighted by Gasteiger charge is -2.09. The molecular weight excluding hydrogens is 594 g/mol. The summed E-state index contributed by atoms with van der Waals surface area (Å²) >= 11 is 0. The lowest BCUT2D eigenvalue weighted by molar-refractivity contribution is -0.145. The Kier molecular flexibility index (Phi) is 29.6. The molecule has 0 saturated heterocycles. The Morgan fingerprint density at radius 3 is 1.39 bits per heavy atom. The molecule has 0 aromatic heterocycles. The number of benzene rings is 1. The molecule has 1 rings (SSSR count). The van der Waals surface area contributed by atoms with Gasteiger partial charge in [0.25, 0.3) is 0 Å². The SMILES string of the molecule is CCCCCCCCCC(=O)OCCOCCOCCOCCOCCOCCOCCOC(=O)c1ccc(NCCCC)cc1. The van der Waals surface area contributed by atoms with E-state index in [2.05, 4.69) is 19.2 Å². The number of carbonyl (C=O) groups is 2. The van der Waals surface area contributed by atoms with Gasteiger partial charge in [0.2, 0.25) is 0 Å². The van der Waals surface area contributed by atoms with Crippen LogP contribution in [-0.4, -0.2) is 111 Å². The van der Waals surface area contributed by atoms with E-state index in [1.54, 1.807) is 12.1 Å². The predicted molar refractivity (Wildman–Crippen MR) is 179 cm³/mol. The monoisotopic (exact) mass is 655 g/mol. The van der Waals surface area contributed by atoms with Gasteiger partial charge < -0.3 is 43.2 Å². The minimum atomic E-state index is -0.361. The van der Waals surface area contributed by atoms with Crippen molar-refractivity contribution >= 4 is 17.6 Å². The van der Waals surface area contributed by atoms with Crippen molar-refractivity contribution in [1.29, 1.82) is 0 Å². The van der Waals surface area contributed by atoms with Crippen LogP contribution in [0.4, 0.5) is 5.69 Å². The number of ether oxygens (including phenoxy) is 8. The molecule has 0 amide bonds. The third-order valence-corrected chi connectivity index (χ3v) is 6.78. The summed E-state index contributed by atoms with van der Waals surface area (Å²) in [4.78, 5) is 23.8. The topological polar surface area (TPSA) is 120 Å². The summed E-state index contributed by atoms with van der Waals surface area (Å²) in [6, 6.07) is 7.29. The first-order valence-corrected chi connectivity index (χ1v) is 17.3. The molecule has 0 aliphatic rings. The average molecular weight is 656 g/mol. The normalized spacial score (nSPS) is 11.1. The highest BCUT2D eigenvalue weighted by molar-refractivity contribution is 5.89. The van der Waals surface area contributed by atoms with Gasteiger partial charge in [0.1, 0.15) is 13.2 Å². The zero-order chi connectivity index (χ0) is 33.2. The van der Waals surface area contributed by atoms with Crippen LogP contribution in [0.5, 0.6) is 0 Å². The fourth-order valence-corrected chi connectivity index (χ4v) is 4.12. The van der Waals surface area contributed by atoms with E-state index in [4.69, 9.17) is 37.9 Å². The van der Waals surface area contributed by atoms with E-state index >= 15 is 0 Å². The number of nitrogens with one attached hydrogen (secondary N) is 1. The number of esters is 2. The second-order valence-electron chi connectivity index (χ2n) is 10.8. The number of hydrogen-bond acceptors (Lipinski definition) is 11. The maximum absolute atomic E-state index is 12.1. The maximum atomic E-state index is 12.1. The smallest absolute Gasteiger partial charge is 0.338 e. The second-order valence-corrected chi connectivity index (χ2v) is 10.8. The lowest BCUT2D eigenvalue weighted by atomic mass is 10.1. The van der Waals surface area contributed by atoms with E-state index in [0.29, 0.717) is 91.3 Å². The molecule has 11 heteroatoms. The van der Waals surface area contributed by atoms with E-state index in [1.807, 2.05) is 12.1 Å². The van der Waals surface area contributed by atoms with Gasteiger partial charge in [-0.1, -0.05) is 58.8 Å². The molecule has 1 aromatic rings. The first kappa shape index (κ1) is 41.7. The quantitative estimate of drug-likeness (QED) is 0.0712. The lowest BCUT2D eigenvalue weighted by Crippen LogP contribution is -2.15. The van der Waals surface area contributed by atoms with Gasteiger partial charge >= 0.3 is 11.9 Å². The van der Waals surface area contributed by atoms with Crippen LogP contribution in [0.25, 0.3) is 0 Å². The molecule has 0 bridgehead atoms. The van der Waals surface area contributed by atoms with Crippen LogP contribution in [0.1, 0.15) is 88.4 Å². The van der Waals surface area contributed by atoms with Gasteiger partial charge in [-0.3, -0.25) is 4.79 Å². The van der Waals surface area contributed by atoms with Crippen LogP contribution in [0, 0.1) is 0 Å². The van der Waals surface area contributed by atoms with Crippen molar-refractivity contribution < 1.29 is 47.5 Å². The standard InChI is InChI=1S/C35H61NO10/c1-3-5-7-8-9-10-11-12-34(37)45-30-28-43-26-24-41-22-20-39-18-19-40-21-23-42-25-27-44-29-31-46-35(38)32-13-15-33(16-14-32)36-17-6-4-2/h13-16,36H,3-12,17-31H2,1-2H3. The molecule has 0 atom stereocenters. The molecule has 0 fully saturated rings. The van der Waals surface area contributed by atoms with Gasteiger partial charge in [0, 0.05) is 18.7 Å². The van der Waals surface area contributed by atoms with E-state index in [9.17, 15) is 9.59 Å². The van der Waals surface area contributed by atoms with E-state index in [1.165, 1.54) is 32.1 Å². The predicted octanol–water partition coefficient (Wildman–Crippen LogP) is 5.84. The van der Waals surface area contributed by atoms with Crippen molar-refractivity contribution in [2.24, 2.45) is 0 Å². The van der Waals surface area contributed by atoms with Crippen LogP contribution in [0.2, 0.25) is 0 Å². The number of unbranched alkanes of at least 4 members (excludes halogenated alkanes) is 7. The molecular formula is C35H61NO10. The van der Waals surface area contributed by atoms with Gasteiger partial charge in [-0.2, -0.15) is 0 Å². The number of rotatable bonds is 34. The molecule has 0 heterocycles. The van der Waals surface area contributed by atoms with E-state index in [-0.39, 0.29) is 25.2 Å². The molecule has 0 aliphatic carbocycles. The first-order chi connectivity index (χ1) is 22.7. The van der Waals surface area contributed by atoms with Gasteiger partial charge in [0.05, 0.1) is 84.8 Å². The molecule has 0 radical (unpaired) electrons. The minimum Gasteiger partial charge on any atom is -0.463 e. The zero-order valence-corrected chi connectivity index (χ0v) is 28.6. The third kappa shape index (κ3) is 26.9. The van der Waals surface area contributed by atoms with Gasteiger partial charge in [-0.15, -0.1) is 0 Å². The molecule has 0 saturated carbocycles. The van der Waals surface area contributed by atoms with Gasteiger partial charge in [0.15, 0.2) is 0 Å². The summed E-state index contributed by atoms with van der Waals surface area (Å²) in [5, 5.41) is 3.32. The molecule has 266 valence electrons. The van der Waals surface area contributed by atoms with Crippen LogP contribution in [0.3, 0.4) is 0 Å². The van der Waals surface area contributed by atoms with Crippen LogP contribution in [-0.2, 0) is 42.7 Å². The third-order valence-electron chi connectivity index (χ3n) is 6.78. The fourth-order valence-electron chi connectivity index (χ4n) is 4.12. The van der Waals surface area contributed by atoms with Crippen molar-refractivity contribution in [3.8, 4) is 0 Å². The molecule has 0 aliphatic heterocycles. The van der Waals surface area contributed by atoms with Crippen molar-refractivity contribution in [2.75, 3.05) is 104 Å². The van der Waals surface area contributed by atoms with Crippen molar-refractivity contribution in [2.45, 2.75) is 78.1 Å². The Balaban J connectivity index is 1.75. The van der Waals surface area contributed by atoms with Gasteiger partial charge in [-0.25, -0.2) is 4.79 Å². The van der Waals surface area contributed by atoms with Crippen molar-refractivity contribution in [1.82, 2.24) is 0 Å². The Morgan fingerprint density at radius 1 is 0.500 bits per heavy atom. The molecule has 1 N–H and O–H groups in total. The Labute approximate surface area is 277 Å². The van der Waals surface area contributed by atoms with Gasteiger partial charge in [-0.05, 0) is 37.1 Å². The molecule has 46 heavy (non-hydrogen) atoms. The summed E-state index contributed by atoms with van der Waals surface area (Å²) in [6.07, 6.45) is 11.0. The van der Waals surface area contributed by atoms with Crippen LogP contribution < -0.4 is 5.32 Å². The maximum Gasteiger partial charge on any atom is 0.338 e. The summed E-state index contributed by atoms with van der Waals surface area (Å²) in [5.74, 6) is -0.506. The Hall–Kier alpha value is -2.28. The summed E-state index contributed by atoms with van der Waals surface area (Å²) in [6.45, 7) is 11.0. The molecule has 11 nitrogen and oxygen atoms in total. The Bertz CT molecular complexity index is 824. The van der Waals surface area contributed by atoms with Crippen molar-refractivity contribution in [3.05, 3.63) is 29.8 Å².